The van der Waals surface area contributed by atoms with E-state index in [1.807, 2.05) is 6.07 Å². The predicted molar refractivity (Wildman–Crippen MR) is 128 cm³/mol. The number of hydrogen-bond acceptors (Lipinski definition) is 5. The second kappa shape index (κ2) is 9.65. The number of aryl methyl sites for hydroxylation is 1. The smallest absolute Gasteiger partial charge is 0.322 e. The van der Waals surface area contributed by atoms with Crippen LogP contribution in [0.4, 0.5) is 27.5 Å². The van der Waals surface area contributed by atoms with Gasteiger partial charge >= 0.3 is 6.03 Å². The lowest BCUT2D eigenvalue weighted by Gasteiger charge is -2.13. The number of para-hydroxylation sites is 1. The van der Waals surface area contributed by atoms with E-state index in [0.29, 0.717) is 22.7 Å². The zero-order chi connectivity index (χ0) is 24.1. The Hall–Kier alpha value is -4.99. The first kappa shape index (κ1) is 22.2. The number of amides is 3. The number of rotatable bonds is 6. The first-order valence-corrected chi connectivity index (χ1v) is 10.2. The van der Waals surface area contributed by atoms with Crippen LogP contribution in [0.3, 0.4) is 0 Å². The molecular formula is C24H20N6O4. The fourth-order valence-electron chi connectivity index (χ4n) is 3.27. The van der Waals surface area contributed by atoms with Crippen molar-refractivity contribution in [3.8, 4) is 5.69 Å². The van der Waals surface area contributed by atoms with Gasteiger partial charge in [-0.15, -0.1) is 0 Å². The summed E-state index contributed by atoms with van der Waals surface area (Å²) < 4.78 is 1.50. The molecule has 0 aliphatic carbocycles. The molecular weight excluding hydrogens is 436 g/mol. The lowest BCUT2D eigenvalue weighted by molar-refractivity contribution is -0.384. The minimum atomic E-state index is -0.548. The summed E-state index contributed by atoms with van der Waals surface area (Å²) in [5, 5.41) is 19.8. The number of hydrogen-bond donors (Lipinski definition) is 3. The number of carbonyl (C=O) groups is 2. The van der Waals surface area contributed by atoms with Gasteiger partial charge in [0, 0.05) is 41.1 Å². The number of benzene rings is 3. The molecule has 4 aromatic rings. The topological polar surface area (TPSA) is 131 Å². The van der Waals surface area contributed by atoms with Crippen molar-refractivity contribution >= 4 is 34.7 Å². The van der Waals surface area contributed by atoms with E-state index < -0.39 is 16.9 Å². The van der Waals surface area contributed by atoms with Crippen molar-refractivity contribution in [3.63, 3.8) is 0 Å². The van der Waals surface area contributed by atoms with Crippen molar-refractivity contribution in [2.45, 2.75) is 6.92 Å². The SMILES string of the molecule is Cc1ccc(NC(=O)Nc2ccccc2)cc1NC(=O)c1ccc(-n2ccnc2)c([N+](=O)[O-])c1. The van der Waals surface area contributed by atoms with Crippen LogP contribution in [0.25, 0.3) is 5.69 Å². The first-order valence-electron chi connectivity index (χ1n) is 10.2. The van der Waals surface area contributed by atoms with Crippen molar-refractivity contribution in [1.29, 1.82) is 0 Å². The molecule has 0 radical (unpaired) electrons. The van der Waals surface area contributed by atoms with Gasteiger partial charge in [-0.25, -0.2) is 9.78 Å². The van der Waals surface area contributed by atoms with Crippen molar-refractivity contribution in [2.75, 3.05) is 16.0 Å². The predicted octanol–water partition coefficient (Wildman–Crippen LogP) is 4.99. The molecule has 3 N–H and O–H groups in total. The van der Waals surface area contributed by atoms with Gasteiger partial charge in [-0.1, -0.05) is 24.3 Å². The molecule has 10 heteroatoms. The summed E-state index contributed by atoms with van der Waals surface area (Å²) >= 11 is 0. The van der Waals surface area contributed by atoms with E-state index in [2.05, 4.69) is 20.9 Å². The van der Waals surface area contributed by atoms with E-state index in [0.717, 1.165) is 5.56 Å². The molecule has 170 valence electrons. The minimum absolute atomic E-state index is 0.121. The maximum absolute atomic E-state index is 12.9. The van der Waals surface area contributed by atoms with Gasteiger partial charge in [0.2, 0.25) is 0 Å². The Morgan fingerprint density at radius 3 is 2.41 bits per heavy atom. The summed E-state index contributed by atoms with van der Waals surface area (Å²) in [4.78, 5) is 40.1. The fourth-order valence-corrected chi connectivity index (χ4v) is 3.27. The second-order valence-electron chi connectivity index (χ2n) is 7.36. The van der Waals surface area contributed by atoms with Crippen molar-refractivity contribution in [3.05, 3.63) is 107 Å². The molecule has 0 aliphatic heterocycles. The maximum atomic E-state index is 12.9. The molecule has 0 fully saturated rings. The molecule has 34 heavy (non-hydrogen) atoms. The highest BCUT2D eigenvalue weighted by Crippen LogP contribution is 2.26. The van der Waals surface area contributed by atoms with Gasteiger partial charge in [-0.3, -0.25) is 14.9 Å². The number of nitro groups is 1. The number of nitrogens with zero attached hydrogens (tertiary/aromatic N) is 3. The summed E-state index contributed by atoms with van der Waals surface area (Å²) in [5.74, 6) is -0.519. The Kier molecular flexibility index (Phi) is 6.31. The lowest BCUT2D eigenvalue weighted by Crippen LogP contribution is -2.19. The Bertz CT molecular complexity index is 1350. The summed E-state index contributed by atoms with van der Waals surface area (Å²) in [6, 6.07) is 17.8. The largest absolute Gasteiger partial charge is 0.323 e. The van der Waals surface area contributed by atoms with Crippen LogP contribution in [0.2, 0.25) is 0 Å². The van der Waals surface area contributed by atoms with E-state index in [-0.39, 0.29) is 11.3 Å². The van der Waals surface area contributed by atoms with Crippen LogP contribution in [0.5, 0.6) is 0 Å². The third-order valence-electron chi connectivity index (χ3n) is 4.99. The number of nitrogens with one attached hydrogen (secondary N) is 3. The molecule has 0 spiro atoms. The van der Waals surface area contributed by atoms with Crippen molar-refractivity contribution in [1.82, 2.24) is 9.55 Å². The maximum Gasteiger partial charge on any atom is 0.323 e. The van der Waals surface area contributed by atoms with Gasteiger partial charge in [0.05, 0.1) is 11.3 Å². The average molecular weight is 456 g/mol. The van der Waals surface area contributed by atoms with E-state index in [4.69, 9.17) is 0 Å². The standard InChI is InChI=1S/C24H20N6O4/c1-16-7-9-19(27-24(32)26-18-5-3-2-4-6-18)14-20(16)28-23(31)17-8-10-21(22(13-17)30(33)34)29-12-11-25-15-29/h2-15H,1H3,(H,28,31)(H2,26,27,32). The molecule has 0 saturated heterocycles. The molecule has 10 nitrogen and oxygen atoms in total. The summed E-state index contributed by atoms with van der Waals surface area (Å²) in [6.07, 6.45) is 4.53. The Labute approximate surface area is 194 Å². The minimum Gasteiger partial charge on any atom is -0.322 e. The van der Waals surface area contributed by atoms with E-state index >= 15 is 0 Å². The molecule has 0 saturated carbocycles. The van der Waals surface area contributed by atoms with Crippen molar-refractivity contribution in [2.24, 2.45) is 0 Å². The van der Waals surface area contributed by atoms with Crippen LogP contribution < -0.4 is 16.0 Å². The summed E-state index contributed by atoms with van der Waals surface area (Å²) in [7, 11) is 0. The summed E-state index contributed by atoms with van der Waals surface area (Å²) in [5.41, 5.74) is 2.52. The fraction of sp³-hybridized carbons (Fsp3) is 0.0417. The molecule has 0 atom stereocenters. The number of nitro benzene ring substituents is 1. The third-order valence-corrected chi connectivity index (χ3v) is 4.99. The van der Waals surface area contributed by atoms with Gasteiger partial charge in [0.1, 0.15) is 5.69 Å². The van der Waals surface area contributed by atoms with E-state index in [1.54, 1.807) is 55.6 Å². The van der Waals surface area contributed by atoms with Crippen molar-refractivity contribution < 1.29 is 14.5 Å². The van der Waals surface area contributed by atoms with Gasteiger partial charge in [-0.2, -0.15) is 0 Å². The Morgan fingerprint density at radius 2 is 1.71 bits per heavy atom. The first-order chi connectivity index (χ1) is 16.4. The molecule has 0 unspecified atom stereocenters. The highest BCUT2D eigenvalue weighted by molar-refractivity contribution is 6.06. The van der Waals surface area contributed by atoms with Crippen LogP contribution in [-0.2, 0) is 0 Å². The monoisotopic (exact) mass is 456 g/mol. The number of aromatic nitrogens is 2. The Balaban J connectivity index is 1.51. The highest BCUT2D eigenvalue weighted by atomic mass is 16.6. The van der Waals surface area contributed by atoms with E-state index in [1.165, 1.54) is 35.3 Å². The number of urea groups is 1. The summed E-state index contributed by atoms with van der Waals surface area (Å²) in [6.45, 7) is 1.80. The molecule has 3 amide bonds. The second-order valence-corrected chi connectivity index (χ2v) is 7.36. The third kappa shape index (κ3) is 5.07. The molecule has 1 heterocycles. The van der Waals surface area contributed by atoms with Crippen LogP contribution >= 0.6 is 0 Å². The highest BCUT2D eigenvalue weighted by Gasteiger charge is 2.19. The lowest BCUT2D eigenvalue weighted by atomic mass is 10.1. The zero-order valence-electron chi connectivity index (χ0n) is 18.1. The normalized spacial score (nSPS) is 10.4. The molecule has 1 aromatic heterocycles. The average Bonchev–Trinajstić information content (AvgIpc) is 3.36. The number of carbonyl (C=O) groups excluding carboxylic acids is 2. The van der Waals surface area contributed by atoms with Gasteiger partial charge in [0.25, 0.3) is 11.6 Å². The van der Waals surface area contributed by atoms with Gasteiger partial charge < -0.3 is 20.5 Å². The Morgan fingerprint density at radius 1 is 0.941 bits per heavy atom. The quantitative estimate of drug-likeness (QED) is 0.278. The molecule has 3 aromatic carbocycles. The zero-order valence-corrected chi connectivity index (χ0v) is 18.1. The van der Waals surface area contributed by atoms with Crippen LogP contribution in [0.1, 0.15) is 15.9 Å². The van der Waals surface area contributed by atoms with Crippen LogP contribution in [-0.4, -0.2) is 26.4 Å². The van der Waals surface area contributed by atoms with Crippen LogP contribution in [0.15, 0.2) is 85.5 Å². The number of anilines is 3. The van der Waals surface area contributed by atoms with Crippen LogP contribution in [0, 0.1) is 17.0 Å². The number of imidazole rings is 1. The van der Waals surface area contributed by atoms with Gasteiger partial charge in [-0.05, 0) is 48.9 Å². The molecule has 0 bridgehead atoms. The molecule has 4 rings (SSSR count). The van der Waals surface area contributed by atoms with Gasteiger partial charge in [0.15, 0.2) is 0 Å². The molecule has 0 aliphatic rings. The van der Waals surface area contributed by atoms with E-state index in [9.17, 15) is 19.7 Å².